The molecule has 1 heterocycles. The second-order valence-corrected chi connectivity index (χ2v) is 5.24. The first-order chi connectivity index (χ1) is 10.2. The second kappa shape index (κ2) is 7.96. The van der Waals surface area contributed by atoms with Crippen molar-refractivity contribution in [3.63, 3.8) is 0 Å². The quantitative estimate of drug-likeness (QED) is 0.703. The van der Waals surface area contributed by atoms with E-state index >= 15 is 0 Å². The van der Waals surface area contributed by atoms with Crippen LogP contribution in [-0.4, -0.2) is 28.5 Å². The fraction of sp³-hybridized carbons (Fsp3) is 0.375. The minimum atomic E-state index is 0.627. The number of benzene rings is 1. The van der Waals surface area contributed by atoms with Gasteiger partial charge in [-0.3, -0.25) is 0 Å². The minimum Gasteiger partial charge on any atom is -0.384 e. The molecule has 0 N–H and O–H groups in total. The van der Waals surface area contributed by atoms with Crippen LogP contribution in [0.5, 0.6) is 0 Å². The largest absolute Gasteiger partial charge is 0.384 e. The minimum absolute atomic E-state index is 0.627. The lowest BCUT2D eigenvalue weighted by Gasteiger charge is -2.05. The van der Waals surface area contributed by atoms with Crippen molar-refractivity contribution >= 4 is 11.6 Å². The standard InChI is InChI=1S/C16H20ClN3O/c1-3-4-8-16-18-15(9-10-21-2)19-20(16)12-13-6-5-7-14(17)11-13/h3,5-7,11H,1,4,8-10,12H2,2H3. The number of rotatable bonds is 8. The van der Waals surface area contributed by atoms with Crippen molar-refractivity contribution in [1.29, 1.82) is 0 Å². The maximum atomic E-state index is 6.03. The zero-order valence-corrected chi connectivity index (χ0v) is 13.0. The van der Waals surface area contributed by atoms with Crippen molar-refractivity contribution in [3.8, 4) is 0 Å². The summed E-state index contributed by atoms with van der Waals surface area (Å²) in [4.78, 5) is 4.59. The molecule has 0 fully saturated rings. The first-order valence-corrected chi connectivity index (χ1v) is 7.37. The van der Waals surface area contributed by atoms with E-state index in [4.69, 9.17) is 16.3 Å². The lowest BCUT2D eigenvalue weighted by Crippen LogP contribution is -2.07. The Morgan fingerprint density at radius 3 is 2.95 bits per heavy atom. The Morgan fingerprint density at radius 2 is 2.24 bits per heavy atom. The maximum Gasteiger partial charge on any atom is 0.153 e. The third-order valence-corrected chi connectivity index (χ3v) is 3.35. The number of ether oxygens (including phenoxy) is 1. The molecular weight excluding hydrogens is 286 g/mol. The third-order valence-electron chi connectivity index (χ3n) is 3.12. The highest BCUT2D eigenvalue weighted by Gasteiger charge is 2.10. The highest BCUT2D eigenvalue weighted by Crippen LogP contribution is 2.13. The Balaban J connectivity index is 2.18. The van der Waals surface area contributed by atoms with Gasteiger partial charge in [0, 0.05) is 25.0 Å². The predicted molar refractivity (Wildman–Crippen MR) is 84.7 cm³/mol. The fourth-order valence-corrected chi connectivity index (χ4v) is 2.29. The van der Waals surface area contributed by atoms with Gasteiger partial charge in [0.1, 0.15) is 5.82 Å². The molecule has 2 rings (SSSR count). The van der Waals surface area contributed by atoms with Gasteiger partial charge < -0.3 is 4.74 Å². The number of methoxy groups -OCH3 is 1. The number of allylic oxidation sites excluding steroid dienone is 1. The summed E-state index contributed by atoms with van der Waals surface area (Å²) in [6, 6.07) is 7.81. The molecule has 1 aromatic carbocycles. The van der Waals surface area contributed by atoms with Crippen LogP contribution in [0.2, 0.25) is 5.02 Å². The molecule has 0 radical (unpaired) electrons. The summed E-state index contributed by atoms with van der Waals surface area (Å²) in [5.41, 5.74) is 1.12. The van der Waals surface area contributed by atoms with Gasteiger partial charge in [-0.25, -0.2) is 9.67 Å². The van der Waals surface area contributed by atoms with Crippen molar-refractivity contribution in [2.75, 3.05) is 13.7 Å². The van der Waals surface area contributed by atoms with Gasteiger partial charge in [-0.1, -0.05) is 29.8 Å². The monoisotopic (exact) mass is 305 g/mol. The fourth-order valence-electron chi connectivity index (χ4n) is 2.08. The molecule has 0 aliphatic carbocycles. The Morgan fingerprint density at radius 1 is 1.38 bits per heavy atom. The number of aromatic nitrogens is 3. The molecule has 0 saturated carbocycles. The molecule has 21 heavy (non-hydrogen) atoms. The van der Waals surface area contributed by atoms with Crippen molar-refractivity contribution in [2.24, 2.45) is 0 Å². The topological polar surface area (TPSA) is 39.9 Å². The predicted octanol–water partition coefficient (Wildman–Crippen LogP) is 3.29. The molecule has 112 valence electrons. The Labute approximate surface area is 130 Å². The van der Waals surface area contributed by atoms with E-state index in [-0.39, 0.29) is 0 Å². The molecule has 0 aliphatic heterocycles. The van der Waals surface area contributed by atoms with Crippen LogP contribution in [0.1, 0.15) is 23.6 Å². The third kappa shape index (κ3) is 4.69. The van der Waals surface area contributed by atoms with Gasteiger partial charge in [-0.2, -0.15) is 5.10 Å². The van der Waals surface area contributed by atoms with Crippen LogP contribution in [-0.2, 0) is 24.1 Å². The van der Waals surface area contributed by atoms with Gasteiger partial charge in [0.15, 0.2) is 5.82 Å². The summed E-state index contributed by atoms with van der Waals surface area (Å²) in [6.07, 6.45) is 4.34. The average molecular weight is 306 g/mol. The van der Waals surface area contributed by atoms with E-state index in [2.05, 4.69) is 16.7 Å². The summed E-state index contributed by atoms with van der Waals surface area (Å²) < 4.78 is 7.03. The van der Waals surface area contributed by atoms with E-state index in [1.165, 1.54) is 0 Å². The van der Waals surface area contributed by atoms with Crippen LogP contribution >= 0.6 is 11.6 Å². The lowest BCUT2D eigenvalue weighted by atomic mass is 10.2. The average Bonchev–Trinajstić information content (AvgIpc) is 2.85. The lowest BCUT2D eigenvalue weighted by molar-refractivity contribution is 0.200. The first kappa shape index (κ1) is 15.7. The first-order valence-electron chi connectivity index (χ1n) is 7.00. The molecule has 0 atom stereocenters. The number of hydrogen-bond donors (Lipinski definition) is 0. The molecule has 0 spiro atoms. The van der Waals surface area contributed by atoms with Crippen molar-refractivity contribution in [2.45, 2.75) is 25.8 Å². The van der Waals surface area contributed by atoms with Crippen LogP contribution in [0.25, 0.3) is 0 Å². The van der Waals surface area contributed by atoms with Gasteiger partial charge in [0.05, 0.1) is 13.2 Å². The molecule has 0 amide bonds. The normalized spacial score (nSPS) is 10.8. The highest BCUT2D eigenvalue weighted by atomic mass is 35.5. The van der Waals surface area contributed by atoms with Crippen molar-refractivity contribution < 1.29 is 4.74 Å². The van der Waals surface area contributed by atoms with Crippen LogP contribution in [0.15, 0.2) is 36.9 Å². The Bertz CT molecular complexity index is 595. The summed E-state index contributed by atoms with van der Waals surface area (Å²) in [5.74, 6) is 1.79. The number of aryl methyl sites for hydroxylation is 1. The van der Waals surface area contributed by atoms with Gasteiger partial charge in [0.2, 0.25) is 0 Å². The van der Waals surface area contributed by atoms with E-state index in [9.17, 15) is 0 Å². The van der Waals surface area contributed by atoms with Crippen molar-refractivity contribution in [3.05, 3.63) is 59.2 Å². The summed E-state index contributed by atoms with van der Waals surface area (Å²) >= 11 is 6.03. The molecular formula is C16H20ClN3O. The Kier molecular flexibility index (Phi) is 5.96. The van der Waals surface area contributed by atoms with Gasteiger partial charge in [-0.05, 0) is 24.1 Å². The molecule has 0 aliphatic rings. The van der Waals surface area contributed by atoms with E-state index in [1.54, 1.807) is 7.11 Å². The zero-order valence-electron chi connectivity index (χ0n) is 12.3. The SMILES string of the molecule is C=CCCc1nc(CCOC)nn1Cc1cccc(Cl)c1. The van der Waals surface area contributed by atoms with Gasteiger partial charge >= 0.3 is 0 Å². The zero-order chi connectivity index (χ0) is 15.1. The molecule has 2 aromatic rings. The molecule has 4 nitrogen and oxygen atoms in total. The van der Waals surface area contributed by atoms with Gasteiger partial charge in [0.25, 0.3) is 0 Å². The Hall–Kier alpha value is -1.65. The van der Waals surface area contributed by atoms with Gasteiger partial charge in [-0.15, -0.1) is 6.58 Å². The highest BCUT2D eigenvalue weighted by molar-refractivity contribution is 6.30. The van der Waals surface area contributed by atoms with E-state index in [0.29, 0.717) is 13.2 Å². The van der Waals surface area contributed by atoms with E-state index in [0.717, 1.165) is 41.5 Å². The molecule has 5 heteroatoms. The number of hydrogen-bond acceptors (Lipinski definition) is 3. The molecule has 1 aromatic heterocycles. The summed E-state index contributed by atoms with van der Waals surface area (Å²) in [7, 11) is 1.68. The van der Waals surface area contributed by atoms with E-state index < -0.39 is 0 Å². The molecule has 0 unspecified atom stereocenters. The maximum absolute atomic E-state index is 6.03. The smallest absolute Gasteiger partial charge is 0.153 e. The van der Waals surface area contributed by atoms with Crippen LogP contribution in [0, 0.1) is 0 Å². The van der Waals surface area contributed by atoms with Crippen LogP contribution in [0.3, 0.4) is 0 Å². The number of nitrogens with zero attached hydrogens (tertiary/aromatic N) is 3. The summed E-state index contributed by atoms with van der Waals surface area (Å²) in [6.45, 7) is 5.06. The summed E-state index contributed by atoms with van der Waals surface area (Å²) in [5, 5.41) is 5.31. The van der Waals surface area contributed by atoms with Crippen molar-refractivity contribution in [1.82, 2.24) is 14.8 Å². The molecule has 0 saturated heterocycles. The number of halogens is 1. The van der Waals surface area contributed by atoms with Crippen LogP contribution in [0.4, 0.5) is 0 Å². The van der Waals surface area contributed by atoms with E-state index in [1.807, 2.05) is 35.0 Å². The second-order valence-electron chi connectivity index (χ2n) is 4.80. The molecule has 0 bridgehead atoms. The van der Waals surface area contributed by atoms with Crippen LogP contribution < -0.4 is 0 Å².